The van der Waals surface area contributed by atoms with E-state index in [0.717, 1.165) is 30.5 Å². The Kier molecular flexibility index (Phi) is 3.71. The molecule has 0 unspecified atom stereocenters. The van der Waals surface area contributed by atoms with Crippen LogP contribution in [0.25, 0.3) is 0 Å². The fourth-order valence-electron chi connectivity index (χ4n) is 3.55. The number of amides is 1. The molecule has 1 atom stereocenters. The second-order valence-corrected chi connectivity index (χ2v) is 8.62. The van der Waals surface area contributed by atoms with Gasteiger partial charge in [0.05, 0.1) is 36.0 Å². The predicted molar refractivity (Wildman–Crippen MR) is 86.4 cm³/mol. The molecule has 4 rings (SSSR count). The summed E-state index contributed by atoms with van der Waals surface area (Å²) < 4.78 is 30.5. The SMILES string of the molecule is O=C(NCc1ccco1)c1c2c(nn1[C@H]1CCS(=O)(=O)C1)CCC2. The Hall–Kier alpha value is -2.09. The summed E-state index contributed by atoms with van der Waals surface area (Å²) in [5.41, 5.74) is 2.43. The molecule has 1 fully saturated rings. The maximum absolute atomic E-state index is 12.7. The van der Waals surface area contributed by atoms with Crippen LogP contribution >= 0.6 is 0 Å². The molecule has 2 aromatic rings. The lowest BCUT2D eigenvalue weighted by atomic mass is 10.1. The zero-order chi connectivity index (χ0) is 16.7. The van der Waals surface area contributed by atoms with Gasteiger partial charge in [0.15, 0.2) is 9.84 Å². The first-order valence-corrected chi connectivity index (χ1v) is 9.97. The van der Waals surface area contributed by atoms with Gasteiger partial charge in [-0.05, 0) is 37.8 Å². The molecule has 2 aliphatic rings. The quantitative estimate of drug-likeness (QED) is 0.897. The van der Waals surface area contributed by atoms with Crippen molar-refractivity contribution in [2.45, 2.75) is 38.3 Å². The molecule has 1 amide bonds. The normalized spacial score (nSPS) is 21.8. The third-order valence-electron chi connectivity index (χ3n) is 4.70. The molecule has 0 saturated carbocycles. The highest BCUT2D eigenvalue weighted by Crippen LogP contribution is 2.31. The van der Waals surface area contributed by atoms with E-state index in [4.69, 9.17) is 4.42 Å². The summed E-state index contributed by atoms with van der Waals surface area (Å²) in [5, 5.41) is 7.43. The number of furan rings is 1. The molecule has 0 radical (unpaired) electrons. The topological polar surface area (TPSA) is 94.2 Å². The Morgan fingerprint density at radius 3 is 3.00 bits per heavy atom. The molecule has 7 nitrogen and oxygen atoms in total. The summed E-state index contributed by atoms with van der Waals surface area (Å²) in [7, 11) is -3.03. The molecule has 128 valence electrons. The Bertz CT molecular complexity index is 868. The second-order valence-electron chi connectivity index (χ2n) is 6.39. The average Bonchev–Trinajstić information content (AvgIpc) is 3.27. The Balaban J connectivity index is 1.62. The molecule has 3 heterocycles. The fraction of sp³-hybridized carbons (Fsp3) is 0.500. The summed E-state index contributed by atoms with van der Waals surface area (Å²) in [5.74, 6) is 0.683. The van der Waals surface area contributed by atoms with Crippen molar-refractivity contribution in [3.05, 3.63) is 41.1 Å². The highest BCUT2D eigenvalue weighted by molar-refractivity contribution is 7.91. The van der Waals surface area contributed by atoms with Gasteiger partial charge in [-0.3, -0.25) is 9.48 Å². The van der Waals surface area contributed by atoms with Gasteiger partial charge >= 0.3 is 0 Å². The van der Waals surface area contributed by atoms with Crippen molar-refractivity contribution in [1.29, 1.82) is 0 Å². The minimum absolute atomic E-state index is 0.0615. The number of nitrogens with zero attached hydrogens (tertiary/aromatic N) is 2. The van der Waals surface area contributed by atoms with Gasteiger partial charge in [0.2, 0.25) is 0 Å². The van der Waals surface area contributed by atoms with Gasteiger partial charge in [0.1, 0.15) is 11.5 Å². The summed E-state index contributed by atoms with van der Waals surface area (Å²) >= 11 is 0. The minimum Gasteiger partial charge on any atom is -0.467 e. The maximum atomic E-state index is 12.7. The number of carbonyl (C=O) groups excluding carboxylic acids is 1. The van der Waals surface area contributed by atoms with E-state index in [1.54, 1.807) is 23.1 Å². The number of sulfone groups is 1. The lowest BCUT2D eigenvalue weighted by molar-refractivity contribution is 0.0934. The van der Waals surface area contributed by atoms with Gasteiger partial charge in [-0.15, -0.1) is 0 Å². The summed E-state index contributed by atoms with van der Waals surface area (Å²) in [4.78, 5) is 12.7. The average molecular weight is 349 g/mol. The van der Waals surface area contributed by atoms with Crippen molar-refractivity contribution in [2.24, 2.45) is 0 Å². The zero-order valence-corrected chi connectivity index (χ0v) is 14.0. The maximum Gasteiger partial charge on any atom is 0.270 e. The van der Waals surface area contributed by atoms with E-state index in [2.05, 4.69) is 10.4 Å². The van der Waals surface area contributed by atoms with Crippen molar-refractivity contribution in [2.75, 3.05) is 11.5 Å². The van der Waals surface area contributed by atoms with Crippen molar-refractivity contribution in [3.8, 4) is 0 Å². The van der Waals surface area contributed by atoms with E-state index >= 15 is 0 Å². The number of aromatic nitrogens is 2. The molecular formula is C16H19N3O4S. The van der Waals surface area contributed by atoms with Gasteiger partial charge in [0, 0.05) is 5.56 Å². The molecule has 1 N–H and O–H groups in total. The molecule has 0 aromatic carbocycles. The third kappa shape index (κ3) is 2.75. The molecule has 8 heteroatoms. The Morgan fingerprint density at radius 1 is 1.42 bits per heavy atom. The van der Waals surface area contributed by atoms with Crippen LogP contribution in [0.2, 0.25) is 0 Å². The van der Waals surface area contributed by atoms with E-state index in [0.29, 0.717) is 24.4 Å². The first-order chi connectivity index (χ1) is 11.5. The monoisotopic (exact) mass is 349 g/mol. The van der Waals surface area contributed by atoms with E-state index < -0.39 is 9.84 Å². The number of aryl methyl sites for hydroxylation is 1. The van der Waals surface area contributed by atoms with Crippen LogP contribution in [0.3, 0.4) is 0 Å². The van der Waals surface area contributed by atoms with Crippen LogP contribution in [-0.2, 0) is 29.2 Å². The van der Waals surface area contributed by atoms with Gasteiger partial charge in [0.25, 0.3) is 5.91 Å². The fourth-order valence-corrected chi connectivity index (χ4v) is 5.24. The zero-order valence-electron chi connectivity index (χ0n) is 13.2. The highest BCUT2D eigenvalue weighted by Gasteiger charge is 2.35. The molecule has 0 spiro atoms. The van der Waals surface area contributed by atoms with Crippen LogP contribution in [-0.4, -0.2) is 35.6 Å². The number of nitrogens with one attached hydrogen (secondary N) is 1. The first kappa shape index (κ1) is 15.4. The van der Waals surface area contributed by atoms with Crippen LogP contribution in [0.15, 0.2) is 22.8 Å². The Morgan fingerprint density at radius 2 is 2.29 bits per heavy atom. The van der Waals surface area contributed by atoms with E-state index in [-0.39, 0.29) is 23.5 Å². The third-order valence-corrected chi connectivity index (χ3v) is 6.46. The predicted octanol–water partition coefficient (Wildman–Crippen LogP) is 1.25. The number of hydrogen-bond donors (Lipinski definition) is 1. The number of hydrogen-bond acceptors (Lipinski definition) is 5. The van der Waals surface area contributed by atoms with Crippen LogP contribution in [0.1, 0.15) is 46.4 Å². The number of carbonyl (C=O) groups is 1. The Labute approximate surface area is 139 Å². The number of fused-ring (bicyclic) bond motifs is 1. The van der Waals surface area contributed by atoms with Gasteiger partial charge in [-0.2, -0.15) is 5.10 Å². The van der Waals surface area contributed by atoms with Crippen LogP contribution in [0.4, 0.5) is 0 Å². The lowest BCUT2D eigenvalue weighted by Gasteiger charge is -2.14. The van der Waals surface area contributed by atoms with Crippen molar-refractivity contribution in [1.82, 2.24) is 15.1 Å². The highest BCUT2D eigenvalue weighted by atomic mass is 32.2. The van der Waals surface area contributed by atoms with E-state index in [1.807, 2.05) is 0 Å². The van der Waals surface area contributed by atoms with E-state index in [9.17, 15) is 13.2 Å². The molecule has 2 aromatic heterocycles. The molecule has 1 aliphatic carbocycles. The lowest BCUT2D eigenvalue weighted by Crippen LogP contribution is -2.28. The second kappa shape index (κ2) is 5.77. The smallest absolute Gasteiger partial charge is 0.270 e. The summed E-state index contributed by atoms with van der Waals surface area (Å²) in [6, 6.07) is 3.32. The molecule has 1 aliphatic heterocycles. The van der Waals surface area contributed by atoms with Crippen LogP contribution in [0.5, 0.6) is 0 Å². The van der Waals surface area contributed by atoms with E-state index in [1.165, 1.54) is 0 Å². The van der Waals surface area contributed by atoms with Crippen molar-refractivity contribution >= 4 is 15.7 Å². The molecular weight excluding hydrogens is 330 g/mol. The number of rotatable bonds is 4. The van der Waals surface area contributed by atoms with Crippen LogP contribution in [0, 0.1) is 0 Å². The van der Waals surface area contributed by atoms with Gasteiger partial charge < -0.3 is 9.73 Å². The largest absolute Gasteiger partial charge is 0.467 e. The summed E-state index contributed by atoms with van der Waals surface area (Å²) in [6.45, 7) is 0.300. The first-order valence-electron chi connectivity index (χ1n) is 8.15. The summed E-state index contributed by atoms with van der Waals surface area (Å²) in [6.07, 6.45) is 4.73. The molecule has 0 bridgehead atoms. The van der Waals surface area contributed by atoms with Gasteiger partial charge in [-0.1, -0.05) is 0 Å². The minimum atomic E-state index is -3.03. The van der Waals surface area contributed by atoms with Crippen LogP contribution < -0.4 is 5.32 Å². The van der Waals surface area contributed by atoms with Crippen molar-refractivity contribution in [3.63, 3.8) is 0 Å². The van der Waals surface area contributed by atoms with Crippen molar-refractivity contribution < 1.29 is 17.6 Å². The standard InChI is InChI=1S/C16H19N3O4S/c20-16(17-9-12-3-2-7-23-12)15-13-4-1-5-14(13)18-19(15)11-6-8-24(21,22)10-11/h2-3,7,11H,1,4-6,8-10H2,(H,17,20)/t11-/m0/s1. The van der Waals surface area contributed by atoms with Gasteiger partial charge in [-0.25, -0.2) is 8.42 Å². The molecule has 24 heavy (non-hydrogen) atoms. The molecule has 1 saturated heterocycles.